The van der Waals surface area contributed by atoms with Crippen molar-refractivity contribution in [2.45, 2.75) is 181 Å². The van der Waals surface area contributed by atoms with Gasteiger partial charge in [-0.05, 0) is 77.0 Å². The third kappa shape index (κ3) is 44.8. The maximum atomic E-state index is 12.7. The van der Waals surface area contributed by atoms with Crippen LogP contribution in [0, 0.1) is 0 Å². The summed E-state index contributed by atoms with van der Waals surface area (Å²) in [5, 5.41) is 0. The van der Waals surface area contributed by atoms with Crippen molar-refractivity contribution in [1.29, 1.82) is 0 Å². The number of unbranched alkanes of at least 4 members (excludes halogenated alkanes) is 14. The molecular formula is C53H82O6. The van der Waals surface area contributed by atoms with E-state index in [1.54, 1.807) is 0 Å². The van der Waals surface area contributed by atoms with Gasteiger partial charge in [0.25, 0.3) is 0 Å². The van der Waals surface area contributed by atoms with Gasteiger partial charge in [-0.2, -0.15) is 0 Å². The van der Waals surface area contributed by atoms with Crippen molar-refractivity contribution in [3.8, 4) is 0 Å². The van der Waals surface area contributed by atoms with E-state index < -0.39 is 6.10 Å². The minimum absolute atomic E-state index is 0.128. The molecule has 0 amide bonds. The van der Waals surface area contributed by atoms with Gasteiger partial charge in [0.1, 0.15) is 13.2 Å². The van der Waals surface area contributed by atoms with Crippen LogP contribution >= 0.6 is 0 Å². The zero-order valence-electron chi connectivity index (χ0n) is 37.5. The molecule has 0 aliphatic carbocycles. The van der Waals surface area contributed by atoms with Crippen LogP contribution in [0.5, 0.6) is 0 Å². The second kappa shape index (κ2) is 46.5. The Bertz CT molecular complexity index is 1300. The first-order valence-corrected chi connectivity index (χ1v) is 23.1. The van der Waals surface area contributed by atoms with E-state index in [-0.39, 0.29) is 44.0 Å². The fraction of sp³-hybridized carbons (Fsp3) is 0.566. The molecule has 0 aliphatic rings. The number of rotatable bonds is 39. The Morgan fingerprint density at radius 1 is 0.373 bits per heavy atom. The van der Waals surface area contributed by atoms with E-state index in [0.29, 0.717) is 19.3 Å². The third-order valence-corrected chi connectivity index (χ3v) is 9.13. The first-order valence-electron chi connectivity index (χ1n) is 23.1. The van der Waals surface area contributed by atoms with Crippen LogP contribution in [0.4, 0.5) is 0 Å². The summed E-state index contributed by atoms with van der Waals surface area (Å²) in [6, 6.07) is 0. The molecule has 0 saturated heterocycles. The fourth-order valence-corrected chi connectivity index (χ4v) is 5.69. The Morgan fingerprint density at radius 3 is 1.29 bits per heavy atom. The lowest BCUT2D eigenvalue weighted by molar-refractivity contribution is -0.166. The highest BCUT2D eigenvalue weighted by molar-refractivity contribution is 5.71. The summed E-state index contributed by atoms with van der Waals surface area (Å²) in [7, 11) is 0. The van der Waals surface area contributed by atoms with Gasteiger partial charge in [0.15, 0.2) is 6.10 Å². The van der Waals surface area contributed by atoms with Gasteiger partial charge < -0.3 is 14.2 Å². The topological polar surface area (TPSA) is 78.9 Å². The van der Waals surface area contributed by atoms with Crippen LogP contribution in [0.2, 0.25) is 0 Å². The van der Waals surface area contributed by atoms with Crippen LogP contribution in [0.25, 0.3) is 0 Å². The molecule has 0 aromatic rings. The van der Waals surface area contributed by atoms with Crippen LogP contribution in [0.1, 0.15) is 175 Å². The van der Waals surface area contributed by atoms with Gasteiger partial charge in [0.05, 0.1) is 0 Å². The molecule has 0 aromatic carbocycles. The Balaban J connectivity index is 4.59. The van der Waals surface area contributed by atoms with Crippen LogP contribution in [-0.4, -0.2) is 37.2 Å². The second-order valence-corrected chi connectivity index (χ2v) is 14.7. The Kier molecular flexibility index (Phi) is 43.2. The second-order valence-electron chi connectivity index (χ2n) is 14.7. The molecule has 0 saturated carbocycles. The van der Waals surface area contributed by atoms with Crippen molar-refractivity contribution < 1.29 is 28.6 Å². The van der Waals surface area contributed by atoms with Gasteiger partial charge in [-0.15, -0.1) is 0 Å². The maximum Gasteiger partial charge on any atom is 0.306 e. The normalized spacial score (nSPS) is 13.2. The van der Waals surface area contributed by atoms with Crippen molar-refractivity contribution in [2.24, 2.45) is 0 Å². The zero-order chi connectivity index (χ0) is 43.0. The number of esters is 3. The molecule has 330 valence electrons. The highest BCUT2D eigenvalue weighted by Gasteiger charge is 2.19. The van der Waals surface area contributed by atoms with E-state index in [4.69, 9.17) is 14.2 Å². The van der Waals surface area contributed by atoms with Crippen molar-refractivity contribution in [2.75, 3.05) is 13.2 Å². The quantitative estimate of drug-likeness (QED) is 0.0202. The van der Waals surface area contributed by atoms with E-state index >= 15 is 0 Å². The zero-order valence-corrected chi connectivity index (χ0v) is 37.5. The monoisotopic (exact) mass is 815 g/mol. The lowest BCUT2D eigenvalue weighted by Gasteiger charge is -2.18. The van der Waals surface area contributed by atoms with E-state index in [9.17, 15) is 14.4 Å². The third-order valence-electron chi connectivity index (χ3n) is 9.13. The van der Waals surface area contributed by atoms with Gasteiger partial charge >= 0.3 is 17.9 Å². The molecule has 0 fully saturated rings. The summed E-state index contributed by atoms with van der Waals surface area (Å²) in [6.07, 6.45) is 63.3. The largest absolute Gasteiger partial charge is 0.462 e. The summed E-state index contributed by atoms with van der Waals surface area (Å²) in [4.78, 5) is 37.8. The summed E-state index contributed by atoms with van der Waals surface area (Å²) >= 11 is 0. The van der Waals surface area contributed by atoms with Gasteiger partial charge in [-0.1, -0.05) is 200 Å². The summed E-state index contributed by atoms with van der Waals surface area (Å²) in [6.45, 7) is 6.20. The highest BCUT2D eigenvalue weighted by atomic mass is 16.6. The van der Waals surface area contributed by atoms with E-state index in [1.165, 1.54) is 38.5 Å². The number of allylic oxidation sites excluding steroid dienone is 20. The van der Waals surface area contributed by atoms with Crippen molar-refractivity contribution in [1.82, 2.24) is 0 Å². The van der Waals surface area contributed by atoms with Crippen molar-refractivity contribution in [3.63, 3.8) is 0 Å². The van der Waals surface area contributed by atoms with E-state index in [0.717, 1.165) is 83.5 Å². The molecule has 6 heteroatoms. The number of ether oxygens (including phenoxy) is 3. The SMILES string of the molecule is CC\C=C/C=C\C=C/C=C\CCCCCCCC(=O)OCC(COC(=O)CC/C=C\C/C=C\CCCCCCCC)OC(=O)CCCCC\C=C/C=C\C=C/C=C\CC. The minimum atomic E-state index is -0.833. The first kappa shape index (κ1) is 54.8. The number of carbonyl (C=O) groups is 3. The molecule has 0 spiro atoms. The standard InChI is InChI=1S/C53H82O6/c1-4-7-10-13-16-19-22-25-26-29-31-34-37-40-43-46-52(55)58-49-50(59-53(56)47-44-41-38-35-32-28-24-21-18-15-12-9-6-3)48-57-51(54)45-42-39-36-33-30-27-23-20-17-14-11-8-5-2/h7,9-10,12-13,15-16,18-19,21-22,24-28,30,32,36,39,50H,4-6,8,11,14,17,20,23,29,31,33-35,37-38,40-49H2,1-3H3/b10-7-,12-9-,16-13-,18-15-,22-19-,24-21-,26-25-,30-27-,32-28-,39-36-. The number of hydrogen-bond acceptors (Lipinski definition) is 6. The molecule has 0 aliphatic heterocycles. The lowest BCUT2D eigenvalue weighted by Crippen LogP contribution is -2.30. The smallest absolute Gasteiger partial charge is 0.306 e. The Morgan fingerprint density at radius 2 is 0.763 bits per heavy atom. The van der Waals surface area contributed by atoms with Crippen molar-refractivity contribution >= 4 is 17.9 Å². The minimum Gasteiger partial charge on any atom is -0.462 e. The van der Waals surface area contributed by atoms with E-state index in [2.05, 4.69) is 75.5 Å². The predicted octanol–water partition coefficient (Wildman–Crippen LogP) is 15.0. The molecule has 6 nitrogen and oxygen atoms in total. The van der Waals surface area contributed by atoms with Gasteiger partial charge in [-0.25, -0.2) is 0 Å². The summed E-state index contributed by atoms with van der Waals surface area (Å²) in [5.41, 5.74) is 0. The molecule has 1 unspecified atom stereocenters. The van der Waals surface area contributed by atoms with Gasteiger partial charge in [0, 0.05) is 19.3 Å². The number of hydrogen-bond donors (Lipinski definition) is 0. The summed E-state index contributed by atoms with van der Waals surface area (Å²) in [5.74, 6) is -1.07. The average Bonchev–Trinajstić information content (AvgIpc) is 3.23. The van der Waals surface area contributed by atoms with Crippen LogP contribution < -0.4 is 0 Å². The summed E-state index contributed by atoms with van der Waals surface area (Å²) < 4.78 is 16.6. The molecular weight excluding hydrogens is 733 g/mol. The molecule has 0 N–H and O–H groups in total. The molecule has 1 atom stereocenters. The molecule has 59 heavy (non-hydrogen) atoms. The maximum absolute atomic E-state index is 12.7. The van der Waals surface area contributed by atoms with Gasteiger partial charge in [-0.3, -0.25) is 14.4 Å². The van der Waals surface area contributed by atoms with Crippen LogP contribution in [0.15, 0.2) is 122 Å². The predicted molar refractivity (Wildman–Crippen MR) is 251 cm³/mol. The molecule has 0 bridgehead atoms. The average molecular weight is 815 g/mol. The van der Waals surface area contributed by atoms with Crippen LogP contribution in [0.3, 0.4) is 0 Å². The first-order chi connectivity index (χ1) is 29.0. The Labute approximate surface area is 361 Å². The van der Waals surface area contributed by atoms with Gasteiger partial charge in [0.2, 0.25) is 0 Å². The molecule has 0 aromatic heterocycles. The lowest BCUT2D eigenvalue weighted by atomic mass is 10.1. The van der Waals surface area contributed by atoms with Crippen molar-refractivity contribution in [3.05, 3.63) is 122 Å². The molecule has 0 rings (SSSR count). The molecule has 0 heterocycles. The highest BCUT2D eigenvalue weighted by Crippen LogP contribution is 2.11. The number of carbonyl (C=O) groups excluding carboxylic acids is 3. The van der Waals surface area contributed by atoms with Crippen LogP contribution in [-0.2, 0) is 28.6 Å². The Hall–Kier alpha value is -4.19. The fourth-order valence-electron chi connectivity index (χ4n) is 5.69. The van der Waals surface area contributed by atoms with E-state index in [1.807, 2.05) is 66.8 Å². The molecule has 0 radical (unpaired) electrons.